The maximum absolute atomic E-state index is 13.6. The summed E-state index contributed by atoms with van der Waals surface area (Å²) in [4.78, 5) is 28.9. The number of amides is 1. The van der Waals surface area contributed by atoms with Crippen molar-refractivity contribution in [2.45, 2.75) is 38.8 Å². The molecule has 5 rings (SSSR count). The first-order valence-electron chi connectivity index (χ1n) is 11.9. The smallest absolute Gasteiger partial charge is 0.291 e. The van der Waals surface area contributed by atoms with Gasteiger partial charge < -0.3 is 14.1 Å². The minimum Gasteiger partial charge on any atom is -0.494 e. The van der Waals surface area contributed by atoms with E-state index >= 15 is 0 Å². The molecule has 0 spiro atoms. The van der Waals surface area contributed by atoms with Gasteiger partial charge in [0.25, 0.3) is 5.91 Å². The van der Waals surface area contributed by atoms with E-state index in [1.54, 1.807) is 23.1 Å². The first-order valence-corrected chi connectivity index (χ1v) is 12.3. The Kier molecular flexibility index (Phi) is 6.60. The van der Waals surface area contributed by atoms with Crippen LogP contribution in [-0.4, -0.2) is 17.4 Å². The van der Waals surface area contributed by atoms with Crippen LogP contribution < -0.4 is 10.2 Å². The Morgan fingerprint density at radius 3 is 2.49 bits per heavy atom. The van der Waals surface area contributed by atoms with Crippen molar-refractivity contribution in [1.82, 2.24) is 4.90 Å². The molecule has 4 aromatic rings. The van der Waals surface area contributed by atoms with E-state index in [-0.39, 0.29) is 17.1 Å². The number of halogens is 1. The SMILES string of the molecule is CCCCCOc1ccc(C2c3c(oc4ccc(Cl)cc4c3=O)C(=O)N2Cc2ccccc2)cc1. The van der Waals surface area contributed by atoms with Crippen LogP contribution in [0.5, 0.6) is 5.75 Å². The number of fused-ring (bicyclic) bond motifs is 2. The second-order valence-corrected chi connectivity index (χ2v) is 9.20. The fourth-order valence-electron chi connectivity index (χ4n) is 4.57. The van der Waals surface area contributed by atoms with Gasteiger partial charge in [0.15, 0.2) is 5.43 Å². The minimum atomic E-state index is -0.577. The molecule has 1 amide bonds. The van der Waals surface area contributed by atoms with Crippen molar-refractivity contribution in [1.29, 1.82) is 0 Å². The van der Waals surface area contributed by atoms with Gasteiger partial charge in [0.1, 0.15) is 11.3 Å². The molecule has 0 bridgehead atoms. The van der Waals surface area contributed by atoms with E-state index in [0.29, 0.717) is 34.7 Å². The summed E-state index contributed by atoms with van der Waals surface area (Å²) in [6.07, 6.45) is 3.27. The zero-order valence-corrected chi connectivity index (χ0v) is 20.3. The molecule has 2 heterocycles. The van der Waals surface area contributed by atoms with Gasteiger partial charge in [0, 0.05) is 11.6 Å². The third kappa shape index (κ3) is 4.56. The maximum atomic E-state index is 13.6. The number of carbonyl (C=O) groups excluding carboxylic acids is 1. The van der Waals surface area contributed by atoms with Crippen LogP contribution >= 0.6 is 11.6 Å². The Labute approximate surface area is 208 Å². The molecule has 35 heavy (non-hydrogen) atoms. The van der Waals surface area contributed by atoms with E-state index < -0.39 is 6.04 Å². The normalized spacial score (nSPS) is 15.0. The maximum Gasteiger partial charge on any atom is 0.291 e. The van der Waals surface area contributed by atoms with Gasteiger partial charge in [-0.3, -0.25) is 9.59 Å². The zero-order valence-electron chi connectivity index (χ0n) is 19.5. The van der Waals surface area contributed by atoms with Crippen molar-refractivity contribution in [3.05, 3.63) is 110 Å². The van der Waals surface area contributed by atoms with E-state index in [9.17, 15) is 9.59 Å². The van der Waals surface area contributed by atoms with Crippen LogP contribution in [0.3, 0.4) is 0 Å². The number of unbranched alkanes of at least 4 members (excludes halogenated alkanes) is 2. The monoisotopic (exact) mass is 487 g/mol. The molecule has 178 valence electrons. The molecule has 0 saturated carbocycles. The van der Waals surface area contributed by atoms with Crippen LogP contribution in [-0.2, 0) is 6.54 Å². The highest BCUT2D eigenvalue weighted by atomic mass is 35.5. The quantitative estimate of drug-likeness (QED) is 0.257. The Morgan fingerprint density at radius 2 is 1.74 bits per heavy atom. The summed E-state index contributed by atoms with van der Waals surface area (Å²) < 4.78 is 11.9. The molecule has 1 unspecified atom stereocenters. The first kappa shape index (κ1) is 23.2. The van der Waals surface area contributed by atoms with Crippen LogP contribution in [0.15, 0.2) is 82.0 Å². The molecular weight excluding hydrogens is 462 g/mol. The lowest BCUT2D eigenvalue weighted by atomic mass is 9.98. The molecule has 6 heteroatoms. The summed E-state index contributed by atoms with van der Waals surface area (Å²) in [7, 11) is 0. The van der Waals surface area contributed by atoms with Crippen LogP contribution in [0.25, 0.3) is 11.0 Å². The van der Waals surface area contributed by atoms with Crippen molar-refractivity contribution < 1.29 is 13.9 Å². The summed E-state index contributed by atoms with van der Waals surface area (Å²) in [6.45, 7) is 3.17. The number of hydrogen-bond acceptors (Lipinski definition) is 4. The van der Waals surface area contributed by atoms with E-state index in [0.717, 1.165) is 36.1 Å². The molecule has 0 N–H and O–H groups in total. The van der Waals surface area contributed by atoms with Gasteiger partial charge in [0.05, 0.1) is 23.6 Å². The van der Waals surface area contributed by atoms with Crippen LogP contribution in [0.2, 0.25) is 5.02 Å². The number of rotatable bonds is 8. The second kappa shape index (κ2) is 9.96. The van der Waals surface area contributed by atoms with E-state index in [2.05, 4.69) is 6.92 Å². The van der Waals surface area contributed by atoms with Crippen molar-refractivity contribution >= 4 is 28.5 Å². The number of nitrogens with zero attached hydrogens (tertiary/aromatic N) is 1. The number of benzene rings is 3. The molecule has 3 aromatic carbocycles. The zero-order chi connectivity index (χ0) is 24.4. The number of ether oxygens (including phenoxy) is 1. The highest BCUT2D eigenvalue weighted by molar-refractivity contribution is 6.31. The van der Waals surface area contributed by atoms with Gasteiger partial charge in [-0.05, 0) is 47.9 Å². The molecule has 0 saturated heterocycles. The van der Waals surface area contributed by atoms with Gasteiger partial charge >= 0.3 is 0 Å². The highest BCUT2D eigenvalue weighted by Gasteiger charge is 2.42. The average Bonchev–Trinajstić information content (AvgIpc) is 3.15. The predicted octanol–water partition coefficient (Wildman–Crippen LogP) is 6.76. The molecular formula is C29H26ClNO4. The van der Waals surface area contributed by atoms with Gasteiger partial charge in [-0.25, -0.2) is 0 Å². The summed E-state index contributed by atoms with van der Waals surface area (Å²) in [5.41, 5.74) is 2.25. The Balaban J connectivity index is 1.57. The predicted molar refractivity (Wildman–Crippen MR) is 137 cm³/mol. The van der Waals surface area contributed by atoms with Gasteiger partial charge in [-0.2, -0.15) is 0 Å². The Morgan fingerprint density at radius 1 is 0.971 bits per heavy atom. The Bertz CT molecular complexity index is 1410. The summed E-state index contributed by atoms with van der Waals surface area (Å²) in [5, 5.41) is 0.808. The third-order valence-electron chi connectivity index (χ3n) is 6.34. The summed E-state index contributed by atoms with van der Waals surface area (Å²) in [6, 6.07) is 21.6. The second-order valence-electron chi connectivity index (χ2n) is 8.76. The molecule has 5 nitrogen and oxygen atoms in total. The lowest BCUT2D eigenvalue weighted by Crippen LogP contribution is -2.29. The van der Waals surface area contributed by atoms with Gasteiger partial charge in [-0.15, -0.1) is 0 Å². The molecule has 0 aliphatic carbocycles. The summed E-state index contributed by atoms with van der Waals surface area (Å²) in [5.74, 6) is 0.551. The summed E-state index contributed by atoms with van der Waals surface area (Å²) >= 11 is 6.17. The first-order chi connectivity index (χ1) is 17.1. The lowest BCUT2D eigenvalue weighted by molar-refractivity contribution is 0.0714. The van der Waals surface area contributed by atoms with E-state index in [1.807, 2.05) is 54.6 Å². The topological polar surface area (TPSA) is 59.8 Å². The lowest BCUT2D eigenvalue weighted by Gasteiger charge is -2.25. The molecule has 1 aliphatic heterocycles. The van der Waals surface area contributed by atoms with Crippen molar-refractivity contribution in [2.75, 3.05) is 6.61 Å². The molecule has 1 aromatic heterocycles. The fourth-order valence-corrected chi connectivity index (χ4v) is 4.74. The van der Waals surface area contributed by atoms with E-state index in [1.165, 1.54) is 0 Å². The van der Waals surface area contributed by atoms with Crippen LogP contribution in [0, 0.1) is 0 Å². The van der Waals surface area contributed by atoms with Crippen LogP contribution in [0.4, 0.5) is 0 Å². The molecule has 0 radical (unpaired) electrons. The average molecular weight is 488 g/mol. The molecule has 0 fully saturated rings. The standard InChI is InChI=1S/C29H26ClNO4/c1-2-3-7-16-34-22-13-10-20(11-14-22)26-25-27(32)23-17-21(30)12-15-24(23)35-28(25)29(33)31(26)18-19-8-5-4-6-9-19/h4-6,8-15,17,26H,2-3,7,16,18H2,1H3. The number of hydrogen-bond donors (Lipinski definition) is 0. The molecule has 1 aliphatic rings. The third-order valence-corrected chi connectivity index (χ3v) is 6.57. The van der Waals surface area contributed by atoms with Crippen molar-refractivity contribution in [3.8, 4) is 5.75 Å². The van der Waals surface area contributed by atoms with Crippen LogP contribution in [0.1, 0.15) is 59.5 Å². The highest BCUT2D eigenvalue weighted by Crippen LogP contribution is 2.39. The fraction of sp³-hybridized carbons (Fsp3) is 0.241. The van der Waals surface area contributed by atoms with Crippen molar-refractivity contribution in [2.24, 2.45) is 0 Å². The largest absolute Gasteiger partial charge is 0.494 e. The molecule has 1 atom stereocenters. The minimum absolute atomic E-state index is 0.0886. The van der Waals surface area contributed by atoms with Gasteiger partial charge in [-0.1, -0.05) is 73.8 Å². The Hall–Kier alpha value is -3.57. The van der Waals surface area contributed by atoms with Crippen molar-refractivity contribution in [3.63, 3.8) is 0 Å². The van der Waals surface area contributed by atoms with Gasteiger partial charge in [0.2, 0.25) is 5.76 Å². The van der Waals surface area contributed by atoms with E-state index in [4.69, 9.17) is 20.8 Å². The number of carbonyl (C=O) groups is 1.